The maximum Gasteiger partial charge on any atom is 0.253 e. The van der Waals surface area contributed by atoms with E-state index in [1.807, 2.05) is 6.92 Å². The number of hydrogen-bond donors (Lipinski definition) is 2. The van der Waals surface area contributed by atoms with Crippen molar-refractivity contribution in [2.45, 2.75) is 13.5 Å². The van der Waals surface area contributed by atoms with Crippen LogP contribution in [0.4, 0.5) is 4.39 Å². The first-order valence-electron chi connectivity index (χ1n) is 7.00. The molecule has 0 aliphatic heterocycles. The Kier molecular flexibility index (Phi) is 4.09. The van der Waals surface area contributed by atoms with Crippen molar-refractivity contribution in [3.63, 3.8) is 0 Å². The summed E-state index contributed by atoms with van der Waals surface area (Å²) in [6, 6.07) is 9.37. The number of aryl methyl sites for hydroxylation is 1. The van der Waals surface area contributed by atoms with Gasteiger partial charge in [0, 0.05) is 17.5 Å². The fraction of sp³-hybridized carbons (Fsp3) is 0.125. The number of hydrogen-bond acceptors (Lipinski definition) is 4. The third-order valence-electron chi connectivity index (χ3n) is 3.22. The summed E-state index contributed by atoms with van der Waals surface area (Å²) in [4.78, 5) is 20.3. The van der Waals surface area contributed by atoms with Crippen LogP contribution < -0.4 is 5.32 Å². The van der Waals surface area contributed by atoms with Gasteiger partial charge in [-0.2, -0.15) is 5.10 Å². The van der Waals surface area contributed by atoms with E-state index in [2.05, 4.69) is 25.5 Å². The number of pyridine rings is 1. The molecule has 0 saturated carbocycles. The first-order chi connectivity index (χ1) is 11.1. The molecule has 0 aliphatic rings. The molecule has 6 nitrogen and oxygen atoms in total. The maximum atomic E-state index is 12.9. The minimum Gasteiger partial charge on any atom is -0.345 e. The number of aromatic amines is 1. The molecule has 0 spiro atoms. The highest BCUT2D eigenvalue weighted by Crippen LogP contribution is 2.14. The minimum atomic E-state index is -0.316. The van der Waals surface area contributed by atoms with Gasteiger partial charge < -0.3 is 5.32 Å². The van der Waals surface area contributed by atoms with Crippen molar-refractivity contribution in [3.05, 3.63) is 65.5 Å². The molecule has 116 valence electrons. The molecular weight excluding hydrogens is 297 g/mol. The van der Waals surface area contributed by atoms with Gasteiger partial charge in [-0.3, -0.25) is 14.9 Å². The zero-order valence-electron chi connectivity index (χ0n) is 12.4. The van der Waals surface area contributed by atoms with E-state index in [0.717, 1.165) is 5.69 Å². The third-order valence-corrected chi connectivity index (χ3v) is 3.22. The number of carbonyl (C=O) groups is 1. The van der Waals surface area contributed by atoms with E-state index in [0.29, 0.717) is 22.8 Å². The molecule has 7 heteroatoms. The zero-order valence-corrected chi connectivity index (χ0v) is 12.4. The van der Waals surface area contributed by atoms with Crippen LogP contribution in [-0.4, -0.2) is 26.1 Å². The van der Waals surface area contributed by atoms with Crippen molar-refractivity contribution in [2.24, 2.45) is 0 Å². The molecule has 0 atom stereocenters. The number of H-pyrrole nitrogens is 1. The van der Waals surface area contributed by atoms with Crippen LogP contribution in [0.2, 0.25) is 0 Å². The van der Waals surface area contributed by atoms with Crippen LogP contribution in [0, 0.1) is 12.7 Å². The predicted octanol–water partition coefficient (Wildman–Crippen LogP) is 2.24. The third kappa shape index (κ3) is 3.57. The number of benzene rings is 1. The molecular formula is C16H14FN5O. The van der Waals surface area contributed by atoms with E-state index in [9.17, 15) is 9.18 Å². The molecule has 2 heterocycles. The Labute approximate surface area is 131 Å². The van der Waals surface area contributed by atoms with Gasteiger partial charge in [-0.25, -0.2) is 9.37 Å². The molecule has 0 fully saturated rings. The Balaban J connectivity index is 1.64. The Hall–Kier alpha value is -3.09. The monoisotopic (exact) mass is 311 g/mol. The summed E-state index contributed by atoms with van der Waals surface area (Å²) in [6.45, 7) is 2.06. The van der Waals surface area contributed by atoms with E-state index in [1.165, 1.54) is 18.3 Å². The van der Waals surface area contributed by atoms with Gasteiger partial charge in [0.25, 0.3) is 5.91 Å². The highest BCUT2D eigenvalue weighted by atomic mass is 19.1. The van der Waals surface area contributed by atoms with Crippen LogP contribution >= 0.6 is 0 Å². The highest BCUT2D eigenvalue weighted by molar-refractivity contribution is 5.93. The lowest BCUT2D eigenvalue weighted by molar-refractivity contribution is 0.0949. The molecule has 1 amide bonds. The van der Waals surface area contributed by atoms with Crippen molar-refractivity contribution in [2.75, 3.05) is 0 Å². The van der Waals surface area contributed by atoms with Gasteiger partial charge in [-0.05, 0) is 43.3 Å². The fourth-order valence-corrected chi connectivity index (χ4v) is 1.97. The van der Waals surface area contributed by atoms with Crippen molar-refractivity contribution >= 4 is 5.91 Å². The minimum absolute atomic E-state index is 0.209. The van der Waals surface area contributed by atoms with E-state index >= 15 is 0 Å². The van der Waals surface area contributed by atoms with E-state index in [-0.39, 0.29) is 18.3 Å². The van der Waals surface area contributed by atoms with Gasteiger partial charge in [-0.1, -0.05) is 0 Å². The quantitative estimate of drug-likeness (QED) is 0.774. The first-order valence-corrected chi connectivity index (χ1v) is 7.00. The average Bonchev–Trinajstić information content (AvgIpc) is 3.03. The second-order valence-electron chi connectivity index (χ2n) is 4.98. The molecule has 0 aliphatic carbocycles. The largest absolute Gasteiger partial charge is 0.345 e. The van der Waals surface area contributed by atoms with Crippen LogP contribution in [0.25, 0.3) is 11.4 Å². The summed E-state index contributed by atoms with van der Waals surface area (Å²) >= 11 is 0. The Morgan fingerprint density at radius 1 is 1.22 bits per heavy atom. The zero-order chi connectivity index (χ0) is 16.2. The van der Waals surface area contributed by atoms with Gasteiger partial charge in [-0.15, -0.1) is 0 Å². The van der Waals surface area contributed by atoms with Gasteiger partial charge in [0.2, 0.25) is 0 Å². The van der Waals surface area contributed by atoms with Crippen LogP contribution in [0.3, 0.4) is 0 Å². The number of rotatable bonds is 4. The molecule has 2 N–H and O–H groups in total. The second-order valence-corrected chi connectivity index (χ2v) is 4.98. The summed E-state index contributed by atoms with van der Waals surface area (Å²) < 4.78 is 12.9. The van der Waals surface area contributed by atoms with Crippen LogP contribution in [-0.2, 0) is 6.54 Å². The van der Waals surface area contributed by atoms with Crippen molar-refractivity contribution in [1.29, 1.82) is 0 Å². The molecule has 3 rings (SSSR count). The molecule has 0 radical (unpaired) electrons. The van der Waals surface area contributed by atoms with E-state index in [1.54, 1.807) is 24.3 Å². The number of aromatic nitrogens is 4. The van der Waals surface area contributed by atoms with Crippen LogP contribution in [0.15, 0.2) is 42.6 Å². The summed E-state index contributed by atoms with van der Waals surface area (Å²) in [7, 11) is 0. The molecule has 0 saturated heterocycles. The van der Waals surface area contributed by atoms with Crippen molar-refractivity contribution in [3.8, 4) is 11.4 Å². The number of halogens is 1. The van der Waals surface area contributed by atoms with Gasteiger partial charge >= 0.3 is 0 Å². The van der Waals surface area contributed by atoms with Crippen molar-refractivity contribution < 1.29 is 9.18 Å². The van der Waals surface area contributed by atoms with E-state index in [4.69, 9.17) is 0 Å². The topological polar surface area (TPSA) is 83.6 Å². The molecule has 2 aromatic heterocycles. The predicted molar refractivity (Wildman–Crippen MR) is 81.9 cm³/mol. The summed E-state index contributed by atoms with van der Waals surface area (Å²) in [5, 5.41) is 9.54. The SMILES string of the molecule is Cc1ccc(C(=O)NCc2nc(-c3ccc(F)cc3)n[nH]2)cn1. The standard InChI is InChI=1S/C16H14FN5O/c1-10-2-3-12(8-18-10)16(23)19-9-14-20-15(22-21-14)11-4-6-13(17)7-5-11/h2-8H,9H2,1H3,(H,19,23)(H,20,21,22). The number of nitrogens with zero attached hydrogens (tertiary/aromatic N) is 3. The van der Waals surface area contributed by atoms with E-state index < -0.39 is 0 Å². The highest BCUT2D eigenvalue weighted by Gasteiger charge is 2.09. The second kappa shape index (κ2) is 6.35. The lowest BCUT2D eigenvalue weighted by Crippen LogP contribution is -2.23. The summed E-state index contributed by atoms with van der Waals surface area (Å²) in [5.74, 6) is 0.407. The Morgan fingerprint density at radius 3 is 2.70 bits per heavy atom. The molecule has 23 heavy (non-hydrogen) atoms. The Bertz CT molecular complexity index is 811. The lowest BCUT2D eigenvalue weighted by atomic mass is 10.2. The fourth-order valence-electron chi connectivity index (χ4n) is 1.97. The Morgan fingerprint density at radius 2 is 2.00 bits per heavy atom. The van der Waals surface area contributed by atoms with Crippen LogP contribution in [0.5, 0.6) is 0 Å². The summed E-state index contributed by atoms with van der Waals surface area (Å²) in [6.07, 6.45) is 1.52. The molecule has 0 bridgehead atoms. The summed E-state index contributed by atoms with van der Waals surface area (Å²) in [5.41, 5.74) is 2.03. The first kappa shape index (κ1) is 14.8. The lowest BCUT2D eigenvalue weighted by Gasteiger charge is -2.02. The number of nitrogens with one attached hydrogen (secondary N) is 2. The van der Waals surface area contributed by atoms with Crippen molar-refractivity contribution in [1.82, 2.24) is 25.5 Å². The molecule has 3 aromatic rings. The van der Waals surface area contributed by atoms with Gasteiger partial charge in [0.05, 0.1) is 12.1 Å². The molecule has 0 unspecified atom stereocenters. The van der Waals surface area contributed by atoms with Gasteiger partial charge in [0.15, 0.2) is 5.82 Å². The smallest absolute Gasteiger partial charge is 0.253 e. The number of carbonyl (C=O) groups excluding carboxylic acids is 1. The average molecular weight is 311 g/mol. The van der Waals surface area contributed by atoms with Crippen LogP contribution in [0.1, 0.15) is 21.9 Å². The normalized spacial score (nSPS) is 10.5. The number of amides is 1. The van der Waals surface area contributed by atoms with Gasteiger partial charge in [0.1, 0.15) is 11.6 Å². The molecule has 1 aromatic carbocycles. The maximum absolute atomic E-state index is 12.9.